The first-order valence-electron chi connectivity index (χ1n) is 1.00. The summed E-state index contributed by atoms with van der Waals surface area (Å²) >= 11 is 0. The summed E-state index contributed by atoms with van der Waals surface area (Å²) < 4.78 is 0. The van der Waals surface area contributed by atoms with Crippen molar-refractivity contribution in [3.63, 3.8) is 0 Å². The second kappa shape index (κ2) is 23.9. The molecule has 0 N–H and O–H groups in total. The van der Waals surface area contributed by atoms with Gasteiger partial charge in [-0.05, 0) is 19.5 Å². The topological polar surface area (TPSA) is 0 Å². The maximum absolute atomic E-state index is 1.44. The minimum Gasteiger partial charge on any atom is -0.0125 e. The summed E-state index contributed by atoms with van der Waals surface area (Å²) in [6.07, 6.45) is 0. The van der Waals surface area contributed by atoms with E-state index in [1.54, 1.807) is 0 Å². The van der Waals surface area contributed by atoms with Crippen LogP contribution in [-0.4, -0.2) is 36.9 Å². The van der Waals surface area contributed by atoms with Crippen molar-refractivity contribution >= 4 is 36.9 Å². The Balaban J connectivity index is -0.00000000500. The van der Waals surface area contributed by atoms with Crippen LogP contribution in [0.25, 0.3) is 0 Å². The molecular formula is H9AlSi2V. The van der Waals surface area contributed by atoms with E-state index >= 15 is 0 Å². The maximum atomic E-state index is 1.44. The fourth-order valence-corrected chi connectivity index (χ4v) is 0. The molecule has 0 saturated carbocycles. The van der Waals surface area contributed by atoms with Gasteiger partial charge in [0, 0.05) is 18.6 Å². The number of hydrogen-bond donors (Lipinski definition) is 0. The molecule has 0 spiro atoms. The van der Waals surface area contributed by atoms with E-state index in [0.717, 1.165) is 0 Å². The second-order valence-electron chi connectivity index (χ2n) is 0. The third-order valence-electron chi connectivity index (χ3n) is 0. The average Bonchev–Trinajstić information content (AvgIpc) is 1.00. The third-order valence-corrected chi connectivity index (χ3v) is 0. The van der Waals surface area contributed by atoms with Crippen LogP contribution in [0.15, 0.2) is 0 Å². The molecule has 0 aromatic heterocycles. The van der Waals surface area contributed by atoms with Gasteiger partial charge in [0.2, 0.25) is 0 Å². The van der Waals surface area contributed by atoms with E-state index in [4.69, 9.17) is 0 Å². The summed E-state index contributed by atoms with van der Waals surface area (Å²) in [7, 11) is 2.89. The predicted octanol–water partition coefficient (Wildman–Crippen LogP) is -3.55. The van der Waals surface area contributed by atoms with Gasteiger partial charge in [0.15, 0.2) is 17.4 Å². The van der Waals surface area contributed by atoms with Crippen LogP contribution in [0.3, 0.4) is 0 Å². The molecule has 0 aliphatic carbocycles. The van der Waals surface area contributed by atoms with Crippen molar-refractivity contribution in [1.29, 1.82) is 0 Å². The van der Waals surface area contributed by atoms with Crippen molar-refractivity contribution in [3.05, 3.63) is 0 Å². The van der Waals surface area contributed by atoms with E-state index in [2.05, 4.69) is 0 Å². The Hall–Kier alpha value is 1.55. The molecule has 4 heteroatoms. The monoisotopic (exact) mass is 143 g/mol. The van der Waals surface area contributed by atoms with Crippen molar-refractivity contribution in [3.8, 4) is 0 Å². The quantitative estimate of drug-likeness (QED) is 0.308. The Morgan fingerprint density at radius 3 is 1.00 bits per heavy atom. The summed E-state index contributed by atoms with van der Waals surface area (Å²) in [6, 6.07) is 0. The van der Waals surface area contributed by atoms with Crippen molar-refractivity contribution < 1.29 is 18.6 Å². The summed E-state index contributed by atoms with van der Waals surface area (Å²) in [6.45, 7) is 0. The van der Waals surface area contributed by atoms with Gasteiger partial charge in [0.05, 0.1) is 0 Å². The largest absolute Gasteiger partial charge is 0.187 e. The first-order chi connectivity index (χ1) is 1.00. The Morgan fingerprint density at radius 1 is 1.00 bits per heavy atom. The van der Waals surface area contributed by atoms with Gasteiger partial charge in [-0.25, -0.2) is 0 Å². The van der Waals surface area contributed by atoms with Crippen LogP contribution in [0.4, 0.5) is 0 Å². The summed E-state index contributed by atoms with van der Waals surface area (Å²) in [5, 5.41) is 0. The number of hydrogen-bond acceptors (Lipinski definition) is 0. The van der Waals surface area contributed by atoms with Crippen LogP contribution < -0.4 is 0 Å². The van der Waals surface area contributed by atoms with Crippen LogP contribution in [0.5, 0.6) is 0 Å². The zero-order chi connectivity index (χ0) is 2.00. The Labute approximate surface area is 55.4 Å². The zero-order valence-corrected chi connectivity index (χ0v) is 7.84. The van der Waals surface area contributed by atoms with E-state index in [-0.39, 0.29) is 35.9 Å². The van der Waals surface area contributed by atoms with E-state index in [9.17, 15) is 0 Å². The first kappa shape index (κ1) is 17.7. The molecule has 0 bridgehead atoms. The van der Waals surface area contributed by atoms with Gasteiger partial charge in [-0.2, -0.15) is 0 Å². The molecule has 25 valence electrons. The van der Waals surface area contributed by atoms with Crippen molar-refractivity contribution in [2.24, 2.45) is 0 Å². The molecule has 0 aliphatic rings. The van der Waals surface area contributed by atoms with Crippen molar-refractivity contribution in [1.82, 2.24) is 0 Å². The molecule has 0 aromatic carbocycles. The molecule has 0 aliphatic heterocycles. The van der Waals surface area contributed by atoms with Gasteiger partial charge < -0.3 is 0 Å². The van der Waals surface area contributed by atoms with Gasteiger partial charge in [-0.3, -0.25) is 0 Å². The van der Waals surface area contributed by atoms with E-state index in [0.29, 0.717) is 0 Å². The Kier molecular flexibility index (Phi) is 105. The molecule has 4 heavy (non-hydrogen) atoms. The minimum atomic E-state index is 0. The van der Waals surface area contributed by atoms with E-state index in [1.165, 1.54) is 19.5 Å². The molecule has 0 unspecified atom stereocenters. The van der Waals surface area contributed by atoms with Gasteiger partial charge in [0.25, 0.3) is 0 Å². The molecule has 0 saturated heterocycles. The molecule has 0 atom stereocenters. The zero-order valence-electron chi connectivity index (χ0n) is 2.45. The van der Waals surface area contributed by atoms with Gasteiger partial charge in [-0.15, -0.1) is 0 Å². The third kappa shape index (κ3) is 9.61. The fourth-order valence-electron chi connectivity index (χ4n) is 0. The normalized spacial score (nSPS) is 3.00. The Morgan fingerprint density at radius 2 is 1.00 bits per heavy atom. The summed E-state index contributed by atoms with van der Waals surface area (Å²) in [4.78, 5) is 0. The van der Waals surface area contributed by atoms with Crippen molar-refractivity contribution in [2.45, 2.75) is 0 Å². The summed E-state index contributed by atoms with van der Waals surface area (Å²) in [5.41, 5.74) is 0. The molecule has 0 amide bonds. The number of rotatable bonds is 0. The van der Waals surface area contributed by atoms with Crippen LogP contribution in [0.2, 0.25) is 0 Å². The fraction of sp³-hybridized carbons (Fsp3) is 0. The first-order valence-corrected chi connectivity index (χ1v) is 9.00. The van der Waals surface area contributed by atoms with Crippen LogP contribution in [0.1, 0.15) is 0 Å². The van der Waals surface area contributed by atoms with Gasteiger partial charge in [0.1, 0.15) is 0 Å². The minimum absolute atomic E-state index is 0. The van der Waals surface area contributed by atoms with Gasteiger partial charge in [-0.1, -0.05) is 0 Å². The molecule has 0 rings (SSSR count). The second-order valence-corrected chi connectivity index (χ2v) is 0. The molecular weight excluding hydrogens is 134 g/mol. The van der Waals surface area contributed by atoms with Crippen LogP contribution in [0, 0.1) is 0 Å². The molecule has 0 nitrogen and oxygen atoms in total. The average molecular weight is 143 g/mol. The van der Waals surface area contributed by atoms with Crippen LogP contribution >= 0.6 is 0 Å². The maximum Gasteiger partial charge on any atom is 0.187 e. The van der Waals surface area contributed by atoms with Crippen molar-refractivity contribution in [2.75, 3.05) is 0 Å². The van der Waals surface area contributed by atoms with E-state index < -0.39 is 0 Å². The van der Waals surface area contributed by atoms with Crippen LogP contribution in [-0.2, 0) is 18.6 Å². The predicted molar refractivity (Wildman–Crippen MR) is 29.8 cm³/mol. The molecule has 0 aromatic rings. The van der Waals surface area contributed by atoms with Gasteiger partial charge >= 0.3 is 0 Å². The molecule has 1 radical (unpaired) electrons. The SMILES string of the molecule is [AlH3].[SiH3][SiH3].[V]. The summed E-state index contributed by atoms with van der Waals surface area (Å²) in [5.74, 6) is 0. The smallest absolute Gasteiger partial charge is 0.0125 e. The molecule has 0 heterocycles. The van der Waals surface area contributed by atoms with E-state index in [1.807, 2.05) is 0 Å². The standard InChI is InChI=1S/Al.H6Si2.V.3H/c;1-2;;;;/h;1-2H3;;;;. The Bertz CT molecular complexity index is 6.00. The molecule has 0 fully saturated rings.